The first-order chi connectivity index (χ1) is 11.2. The number of hydrogen-bond donors (Lipinski definition) is 1. The Bertz CT molecular complexity index is 718. The molecule has 23 heavy (non-hydrogen) atoms. The van der Waals surface area contributed by atoms with E-state index in [2.05, 4.69) is 5.32 Å². The third kappa shape index (κ3) is 4.24. The summed E-state index contributed by atoms with van der Waals surface area (Å²) in [7, 11) is 0. The van der Waals surface area contributed by atoms with Crippen molar-refractivity contribution in [3.63, 3.8) is 0 Å². The van der Waals surface area contributed by atoms with E-state index in [0.29, 0.717) is 41.5 Å². The zero-order valence-corrected chi connectivity index (χ0v) is 13.1. The number of carbonyl (C=O) groups is 1. The van der Waals surface area contributed by atoms with Crippen molar-refractivity contribution in [1.82, 2.24) is 0 Å². The molecular formula is C18H18N2O3. The molecule has 1 amide bonds. The second-order valence-corrected chi connectivity index (χ2v) is 4.67. The number of hydrogen-bond acceptors (Lipinski definition) is 4. The summed E-state index contributed by atoms with van der Waals surface area (Å²) in [4.78, 5) is 12.3. The SMILES string of the molecule is CCOc1ccc(C(=O)Nc2ccc(C#N)cc2)cc1OCC. The third-order valence-electron chi connectivity index (χ3n) is 3.08. The van der Waals surface area contributed by atoms with Crippen LogP contribution in [0.1, 0.15) is 29.8 Å². The average Bonchev–Trinajstić information content (AvgIpc) is 2.57. The minimum absolute atomic E-state index is 0.251. The number of benzene rings is 2. The smallest absolute Gasteiger partial charge is 0.255 e. The van der Waals surface area contributed by atoms with E-state index in [4.69, 9.17) is 14.7 Å². The summed E-state index contributed by atoms with van der Waals surface area (Å²) >= 11 is 0. The molecule has 0 saturated heterocycles. The van der Waals surface area contributed by atoms with E-state index < -0.39 is 0 Å². The van der Waals surface area contributed by atoms with E-state index in [1.165, 1.54) is 0 Å². The maximum absolute atomic E-state index is 12.3. The van der Waals surface area contributed by atoms with Crippen LogP contribution >= 0.6 is 0 Å². The van der Waals surface area contributed by atoms with Crippen LogP contribution in [0.3, 0.4) is 0 Å². The Kier molecular flexibility index (Phi) is 5.59. The van der Waals surface area contributed by atoms with Crippen molar-refractivity contribution in [2.45, 2.75) is 13.8 Å². The lowest BCUT2D eigenvalue weighted by Crippen LogP contribution is -2.12. The summed E-state index contributed by atoms with van der Waals surface area (Å²) in [6.07, 6.45) is 0. The van der Waals surface area contributed by atoms with Crippen molar-refractivity contribution in [3.8, 4) is 17.6 Å². The number of anilines is 1. The minimum atomic E-state index is -0.251. The van der Waals surface area contributed by atoms with Gasteiger partial charge in [0, 0.05) is 11.3 Å². The van der Waals surface area contributed by atoms with E-state index >= 15 is 0 Å². The number of nitriles is 1. The highest BCUT2D eigenvalue weighted by Gasteiger charge is 2.11. The van der Waals surface area contributed by atoms with Crippen LogP contribution in [-0.4, -0.2) is 19.1 Å². The Labute approximate surface area is 135 Å². The molecular weight excluding hydrogens is 292 g/mol. The molecule has 0 aliphatic rings. The molecule has 0 aliphatic carbocycles. The number of nitrogens with zero attached hydrogens (tertiary/aromatic N) is 1. The van der Waals surface area contributed by atoms with Gasteiger partial charge in [-0.1, -0.05) is 0 Å². The molecule has 0 aromatic heterocycles. The molecule has 2 aromatic rings. The van der Waals surface area contributed by atoms with Gasteiger partial charge in [0.1, 0.15) is 0 Å². The molecule has 0 bridgehead atoms. The Morgan fingerprint density at radius 2 is 1.70 bits per heavy atom. The number of nitrogens with one attached hydrogen (secondary N) is 1. The van der Waals surface area contributed by atoms with Gasteiger partial charge in [0.15, 0.2) is 11.5 Å². The highest BCUT2D eigenvalue weighted by molar-refractivity contribution is 6.04. The predicted octanol–water partition coefficient (Wildman–Crippen LogP) is 3.61. The molecule has 2 rings (SSSR count). The predicted molar refractivity (Wildman–Crippen MR) is 87.9 cm³/mol. The van der Waals surface area contributed by atoms with Gasteiger partial charge in [-0.25, -0.2) is 0 Å². The first-order valence-corrected chi connectivity index (χ1v) is 7.39. The van der Waals surface area contributed by atoms with E-state index in [1.807, 2.05) is 19.9 Å². The van der Waals surface area contributed by atoms with Crippen LogP contribution in [0.4, 0.5) is 5.69 Å². The molecule has 118 valence electrons. The molecule has 5 nitrogen and oxygen atoms in total. The van der Waals surface area contributed by atoms with Crippen LogP contribution in [-0.2, 0) is 0 Å². The van der Waals surface area contributed by atoms with Crippen LogP contribution in [0.15, 0.2) is 42.5 Å². The zero-order valence-electron chi connectivity index (χ0n) is 13.1. The molecule has 0 radical (unpaired) electrons. The van der Waals surface area contributed by atoms with Crippen LogP contribution in [0, 0.1) is 11.3 Å². The minimum Gasteiger partial charge on any atom is -0.490 e. The highest BCUT2D eigenvalue weighted by Crippen LogP contribution is 2.28. The van der Waals surface area contributed by atoms with Crippen molar-refractivity contribution in [1.29, 1.82) is 5.26 Å². The normalized spacial score (nSPS) is 9.78. The summed E-state index contributed by atoms with van der Waals surface area (Å²) in [6, 6.07) is 13.8. The molecule has 0 saturated carbocycles. The lowest BCUT2D eigenvalue weighted by molar-refractivity contribution is 0.102. The lowest BCUT2D eigenvalue weighted by atomic mass is 10.1. The van der Waals surface area contributed by atoms with Crippen LogP contribution in [0.5, 0.6) is 11.5 Å². The second-order valence-electron chi connectivity index (χ2n) is 4.67. The van der Waals surface area contributed by atoms with Gasteiger partial charge >= 0.3 is 0 Å². The summed E-state index contributed by atoms with van der Waals surface area (Å²) in [6.45, 7) is 4.78. The zero-order chi connectivity index (χ0) is 16.7. The quantitative estimate of drug-likeness (QED) is 0.884. The van der Waals surface area contributed by atoms with Gasteiger partial charge in [-0.05, 0) is 56.3 Å². The molecule has 5 heteroatoms. The van der Waals surface area contributed by atoms with Gasteiger partial charge in [0.2, 0.25) is 0 Å². The molecule has 0 fully saturated rings. The number of amides is 1. The summed E-state index contributed by atoms with van der Waals surface area (Å²) in [5.41, 5.74) is 1.64. The fourth-order valence-corrected chi connectivity index (χ4v) is 2.02. The number of ether oxygens (including phenoxy) is 2. The van der Waals surface area contributed by atoms with E-state index in [9.17, 15) is 4.79 Å². The fraction of sp³-hybridized carbons (Fsp3) is 0.222. The Balaban J connectivity index is 2.17. The molecule has 0 atom stereocenters. The Morgan fingerprint density at radius 3 is 2.30 bits per heavy atom. The first kappa shape index (κ1) is 16.4. The largest absolute Gasteiger partial charge is 0.490 e. The third-order valence-corrected chi connectivity index (χ3v) is 3.08. The first-order valence-electron chi connectivity index (χ1n) is 7.39. The van der Waals surface area contributed by atoms with Crippen LogP contribution in [0.2, 0.25) is 0 Å². The van der Waals surface area contributed by atoms with Gasteiger partial charge in [0.05, 0.1) is 24.8 Å². The van der Waals surface area contributed by atoms with E-state index in [1.54, 1.807) is 42.5 Å². The topological polar surface area (TPSA) is 71.3 Å². The van der Waals surface area contributed by atoms with Gasteiger partial charge in [-0.3, -0.25) is 4.79 Å². The van der Waals surface area contributed by atoms with Crippen molar-refractivity contribution in [3.05, 3.63) is 53.6 Å². The summed E-state index contributed by atoms with van der Waals surface area (Å²) in [5, 5.41) is 11.6. The lowest BCUT2D eigenvalue weighted by Gasteiger charge is -2.12. The molecule has 1 N–H and O–H groups in total. The van der Waals surface area contributed by atoms with E-state index in [-0.39, 0.29) is 5.91 Å². The van der Waals surface area contributed by atoms with E-state index in [0.717, 1.165) is 0 Å². The molecule has 0 spiro atoms. The summed E-state index contributed by atoms with van der Waals surface area (Å²) < 4.78 is 11.0. The number of carbonyl (C=O) groups excluding carboxylic acids is 1. The van der Waals surface area contributed by atoms with Crippen LogP contribution in [0.25, 0.3) is 0 Å². The van der Waals surface area contributed by atoms with Crippen LogP contribution < -0.4 is 14.8 Å². The van der Waals surface area contributed by atoms with Crippen molar-refractivity contribution >= 4 is 11.6 Å². The maximum atomic E-state index is 12.3. The Hall–Kier alpha value is -3.00. The molecule has 0 heterocycles. The Morgan fingerprint density at radius 1 is 1.04 bits per heavy atom. The molecule has 0 unspecified atom stereocenters. The van der Waals surface area contributed by atoms with Gasteiger partial charge < -0.3 is 14.8 Å². The number of rotatable bonds is 6. The van der Waals surface area contributed by atoms with Gasteiger partial charge in [-0.2, -0.15) is 5.26 Å². The maximum Gasteiger partial charge on any atom is 0.255 e. The highest BCUT2D eigenvalue weighted by atomic mass is 16.5. The standard InChI is InChI=1S/C18H18N2O3/c1-3-22-16-10-7-14(11-17(16)23-4-2)18(21)20-15-8-5-13(12-19)6-9-15/h5-11H,3-4H2,1-2H3,(H,20,21). The van der Waals surface area contributed by atoms with Crippen molar-refractivity contribution < 1.29 is 14.3 Å². The molecule has 0 aliphatic heterocycles. The second kappa shape index (κ2) is 7.85. The summed E-state index contributed by atoms with van der Waals surface area (Å²) in [5.74, 6) is 0.907. The van der Waals surface area contributed by atoms with Gasteiger partial charge in [0.25, 0.3) is 5.91 Å². The fourth-order valence-electron chi connectivity index (χ4n) is 2.02. The average molecular weight is 310 g/mol. The van der Waals surface area contributed by atoms with Crippen molar-refractivity contribution in [2.75, 3.05) is 18.5 Å². The molecule has 2 aromatic carbocycles. The monoisotopic (exact) mass is 310 g/mol. The van der Waals surface area contributed by atoms with Gasteiger partial charge in [-0.15, -0.1) is 0 Å². The van der Waals surface area contributed by atoms with Crippen molar-refractivity contribution in [2.24, 2.45) is 0 Å².